The summed E-state index contributed by atoms with van der Waals surface area (Å²) in [5.74, 6) is 0. The Morgan fingerprint density at radius 2 is 2.06 bits per heavy atom. The molecule has 90 valence electrons. The first kappa shape index (κ1) is 12.2. The largest absolute Gasteiger partial charge is 0.319 e. The van der Waals surface area contributed by atoms with Gasteiger partial charge in [0.1, 0.15) is 0 Å². The molecule has 0 aromatic carbocycles. The highest BCUT2D eigenvalue weighted by Crippen LogP contribution is 2.28. The number of rotatable bonds is 3. The van der Waals surface area contributed by atoms with Crippen molar-refractivity contribution in [1.82, 2.24) is 20.0 Å². The molecule has 2 rings (SSSR count). The number of nitrogens with two attached hydrogens (primary N) is 1. The zero-order chi connectivity index (χ0) is 12.4. The van der Waals surface area contributed by atoms with Gasteiger partial charge in [0.25, 0.3) is 0 Å². The molecule has 0 spiro atoms. The van der Waals surface area contributed by atoms with Crippen LogP contribution in [0.4, 0.5) is 0 Å². The van der Waals surface area contributed by atoms with Crippen LogP contribution in [0.5, 0.6) is 0 Å². The highest BCUT2D eigenvalue weighted by Gasteiger charge is 2.19. The first-order valence-corrected chi connectivity index (χ1v) is 6.15. The first-order valence-electron chi connectivity index (χ1n) is 5.36. The van der Waals surface area contributed by atoms with E-state index in [2.05, 4.69) is 45.1 Å². The Morgan fingerprint density at radius 3 is 2.65 bits per heavy atom. The number of aromatic nitrogens is 4. The monoisotopic (exact) mass is 295 g/mol. The molecule has 2 N–H and O–H groups in total. The molecule has 0 saturated carbocycles. The van der Waals surface area contributed by atoms with Gasteiger partial charge in [-0.05, 0) is 41.4 Å². The van der Waals surface area contributed by atoms with Gasteiger partial charge in [-0.2, -0.15) is 15.3 Å². The summed E-state index contributed by atoms with van der Waals surface area (Å²) >= 11 is 3.48. The van der Waals surface area contributed by atoms with Crippen LogP contribution in [0, 0.1) is 0 Å². The van der Waals surface area contributed by atoms with Crippen molar-refractivity contribution in [3.63, 3.8) is 0 Å². The van der Waals surface area contributed by atoms with Crippen molar-refractivity contribution in [1.29, 1.82) is 0 Å². The van der Waals surface area contributed by atoms with E-state index in [1.807, 2.05) is 10.7 Å². The van der Waals surface area contributed by atoms with E-state index in [0.717, 1.165) is 15.7 Å². The lowest BCUT2D eigenvalue weighted by atomic mass is 10.1. The van der Waals surface area contributed by atoms with Crippen molar-refractivity contribution in [2.45, 2.75) is 25.9 Å². The molecule has 0 aliphatic heterocycles. The Labute approximate surface area is 108 Å². The number of nitrogens with zero attached hydrogens (tertiary/aromatic N) is 4. The van der Waals surface area contributed by atoms with Gasteiger partial charge in [-0.25, -0.2) is 0 Å². The summed E-state index contributed by atoms with van der Waals surface area (Å²) in [5.41, 5.74) is 8.11. The van der Waals surface area contributed by atoms with Gasteiger partial charge in [0, 0.05) is 12.2 Å². The maximum absolute atomic E-state index is 6.24. The maximum Gasteiger partial charge on any atom is 0.0751 e. The highest BCUT2D eigenvalue weighted by atomic mass is 79.9. The normalized spacial score (nSPS) is 13.0. The van der Waals surface area contributed by atoms with Crippen molar-refractivity contribution in [3.05, 3.63) is 40.4 Å². The lowest BCUT2D eigenvalue weighted by molar-refractivity contribution is 0.498. The molecule has 1 atom stereocenters. The lowest BCUT2D eigenvalue weighted by Gasteiger charge is -2.17. The summed E-state index contributed by atoms with van der Waals surface area (Å²) in [5, 5.41) is 11.9. The molecule has 0 saturated heterocycles. The molecule has 0 aliphatic carbocycles. The first-order chi connectivity index (χ1) is 8.11. The van der Waals surface area contributed by atoms with E-state index in [4.69, 9.17) is 5.73 Å². The van der Waals surface area contributed by atoms with Gasteiger partial charge in [-0.1, -0.05) is 0 Å². The number of halogens is 1. The molecule has 2 aromatic heterocycles. The molecule has 2 aromatic rings. The molecule has 5 nitrogen and oxygen atoms in total. The second-order valence-electron chi connectivity index (χ2n) is 4.07. The molecular weight excluding hydrogens is 282 g/mol. The molecular formula is C11H14BrN5. The molecule has 0 aliphatic rings. The van der Waals surface area contributed by atoms with Crippen LogP contribution in [0.15, 0.2) is 29.1 Å². The second kappa shape index (κ2) is 4.93. The second-order valence-corrected chi connectivity index (χ2v) is 4.92. The number of hydrogen-bond donors (Lipinski definition) is 1. The number of hydrogen-bond acceptors (Lipinski definition) is 4. The quantitative estimate of drug-likeness (QED) is 0.941. The van der Waals surface area contributed by atoms with Crippen molar-refractivity contribution >= 4 is 15.9 Å². The van der Waals surface area contributed by atoms with Crippen molar-refractivity contribution in [3.8, 4) is 0 Å². The predicted octanol–water partition coefficient (Wildman–Crippen LogP) is 2.06. The van der Waals surface area contributed by atoms with Crippen molar-refractivity contribution < 1.29 is 0 Å². The molecule has 2 heterocycles. The molecule has 17 heavy (non-hydrogen) atoms. The minimum absolute atomic E-state index is 0.259. The zero-order valence-electron chi connectivity index (χ0n) is 9.71. The summed E-state index contributed by atoms with van der Waals surface area (Å²) in [6, 6.07) is 1.86. The fourth-order valence-electron chi connectivity index (χ4n) is 1.70. The van der Waals surface area contributed by atoms with Gasteiger partial charge < -0.3 is 5.73 Å². The van der Waals surface area contributed by atoms with Crippen LogP contribution >= 0.6 is 15.9 Å². The fourth-order valence-corrected chi connectivity index (χ4v) is 2.22. The Kier molecular flexibility index (Phi) is 3.54. The standard InChI is InChI=1S/C11H14BrN5/c1-7(2)17-11(9(12)6-16-17)10(13)8-3-4-14-15-5-8/h3-7,10H,13H2,1-2H3. The Balaban J connectivity index is 2.43. The smallest absolute Gasteiger partial charge is 0.0751 e. The van der Waals surface area contributed by atoms with Gasteiger partial charge in [0.05, 0.1) is 28.6 Å². The average Bonchev–Trinajstić information content (AvgIpc) is 2.71. The van der Waals surface area contributed by atoms with E-state index >= 15 is 0 Å². The van der Waals surface area contributed by atoms with E-state index in [1.165, 1.54) is 0 Å². The summed E-state index contributed by atoms with van der Waals surface area (Å²) in [7, 11) is 0. The maximum atomic E-state index is 6.24. The third-order valence-corrected chi connectivity index (χ3v) is 3.15. The van der Waals surface area contributed by atoms with Gasteiger partial charge in [0.15, 0.2) is 0 Å². The Hall–Kier alpha value is -1.27. The van der Waals surface area contributed by atoms with Crippen LogP contribution in [-0.4, -0.2) is 20.0 Å². The zero-order valence-corrected chi connectivity index (χ0v) is 11.3. The molecule has 0 radical (unpaired) electrons. The molecule has 6 heteroatoms. The van der Waals surface area contributed by atoms with Crippen LogP contribution in [0.3, 0.4) is 0 Å². The van der Waals surface area contributed by atoms with Crippen LogP contribution < -0.4 is 5.73 Å². The fraction of sp³-hybridized carbons (Fsp3) is 0.364. The third kappa shape index (κ3) is 2.37. The van der Waals surface area contributed by atoms with Crippen LogP contribution in [0.1, 0.15) is 37.2 Å². The van der Waals surface area contributed by atoms with Crippen LogP contribution in [0.25, 0.3) is 0 Å². The average molecular weight is 296 g/mol. The van der Waals surface area contributed by atoms with Gasteiger partial charge >= 0.3 is 0 Å². The van der Waals surface area contributed by atoms with Gasteiger partial charge in [-0.3, -0.25) is 4.68 Å². The highest BCUT2D eigenvalue weighted by molar-refractivity contribution is 9.10. The summed E-state index contributed by atoms with van der Waals surface area (Å²) in [6.45, 7) is 4.14. The van der Waals surface area contributed by atoms with E-state index in [-0.39, 0.29) is 12.1 Å². The van der Waals surface area contributed by atoms with Crippen LogP contribution in [-0.2, 0) is 0 Å². The minimum atomic E-state index is -0.259. The Bertz CT molecular complexity index is 494. The van der Waals surface area contributed by atoms with E-state index in [0.29, 0.717) is 0 Å². The molecule has 0 amide bonds. The van der Waals surface area contributed by atoms with Crippen molar-refractivity contribution in [2.24, 2.45) is 5.73 Å². The van der Waals surface area contributed by atoms with Crippen molar-refractivity contribution in [2.75, 3.05) is 0 Å². The van der Waals surface area contributed by atoms with Gasteiger partial charge in [0.2, 0.25) is 0 Å². The summed E-state index contributed by atoms with van der Waals surface area (Å²) in [6.07, 6.45) is 5.08. The summed E-state index contributed by atoms with van der Waals surface area (Å²) in [4.78, 5) is 0. The summed E-state index contributed by atoms with van der Waals surface area (Å²) < 4.78 is 2.82. The van der Waals surface area contributed by atoms with E-state index in [9.17, 15) is 0 Å². The molecule has 0 fully saturated rings. The van der Waals surface area contributed by atoms with Crippen LogP contribution in [0.2, 0.25) is 0 Å². The van der Waals surface area contributed by atoms with E-state index < -0.39 is 0 Å². The lowest BCUT2D eigenvalue weighted by Crippen LogP contribution is -2.19. The Morgan fingerprint density at radius 1 is 1.29 bits per heavy atom. The third-order valence-electron chi connectivity index (χ3n) is 2.54. The van der Waals surface area contributed by atoms with Gasteiger partial charge in [-0.15, -0.1) is 0 Å². The molecule has 1 unspecified atom stereocenters. The van der Waals surface area contributed by atoms with E-state index in [1.54, 1.807) is 18.6 Å². The molecule has 0 bridgehead atoms. The predicted molar refractivity (Wildman–Crippen MR) is 68.4 cm³/mol. The minimum Gasteiger partial charge on any atom is -0.319 e. The SMILES string of the molecule is CC(C)n1ncc(Br)c1C(N)c1ccnnc1. The topological polar surface area (TPSA) is 69.6 Å².